The fourth-order valence-corrected chi connectivity index (χ4v) is 1.55. The van der Waals surface area contributed by atoms with Crippen LogP contribution in [0.25, 0.3) is 0 Å². The fourth-order valence-electron chi connectivity index (χ4n) is 1.55. The van der Waals surface area contributed by atoms with Crippen LogP contribution < -0.4 is 0 Å². The summed E-state index contributed by atoms with van der Waals surface area (Å²) in [6.07, 6.45) is -4.53. The summed E-state index contributed by atoms with van der Waals surface area (Å²) in [4.78, 5) is 11.3. The van der Waals surface area contributed by atoms with E-state index in [4.69, 9.17) is 4.74 Å². The van der Waals surface area contributed by atoms with Crippen molar-refractivity contribution in [1.82, 2.24) is 0 Å². The maximum absolute atomic E-state index is 12.9. The Hall–Kier alpha value is -1.52. The van der Waals surface area contributed by atoms with Gasteiger partial charge >= 0.3 is 12.1 Å². The number of benzene rings is 1. The van der Waals surface area contributed by atoms with Crippen molar-refractivity contribution in [2.75, 3.05) is 6.61 Å². The number of carbonyl (C=O) groups excluding carboxylic acids is 1. The molecule has 2 nitrogen and oxygen atoms in total. The minimum absolute atomic E-state index is 0.0819. The Balaban J connectivity index is 2.78. The molecule has 0 fully saturated rings. The molecule has 100 valence electrons. The van der Waals surface area contributed by atoms with Crippen molar-refractivity contribution >= 4 is 5.97 Å². The van der Waals surface area contributed by atoms with Gasteiger partial charge in [-0.2, -0.15) is 13.2 Å². The normalized spacial score (nSPS) is 13.1. The van der Waals surface area contributed by atoms with Crippen LogP contribution in [0.1, 0.15) is 31.2 Å². The molecular formula is C13H15F3O2. The molecule has 1 rings (SSSR count). The molecule has 1 aromatic rings. The fraction of sp³-hybridized carbons (Fsp3) is 0.462. The Morgan fingerprint density at radius 1 is 1.28 bits per heavy atom. The van der Waals surface area contributed by atoms with Crippen LogP contribution in [0.3, 0.4) is 0 Å². The number of hydrogen-bond acceptors (Lipinski definition) is 2. The van der Waals surface area contributed by atoms with E-state index in [2.05, 4.69) is 0 Å². The highest BCUT2D eigenvalue weighted by Gasteiger charge is 2.42. The van der Waals surface area contributed by atoms with E-state index in [9.17, 15) is 18.0 Å². The minimum Gasteiger partial charge on any atom is -0.466 e. The Morgan fingerprint density at radius 2 is 1.89 bits per heavy atom. The van der Waals surface area contributed by atoms with E-state index in [1.54, 1.807) is 13.0 Å². The van der Waals surface area contributed by atoms with Crippen LogP contribution in [-0.4, -0.2) is 18.8 Å². The molecule has 1 atom stereocenters. The Bertz CT molecular complexity index is 374. The number of alkyl halides is 3. The quantitative estimate of drug-likeness (QED) is 0.755. The van der Waals surface area contributed by atoms with Crippen LogP contribution in [0.4, 0.5) is 13.2 Å². The van der Waals surface area contributed by atoms with Crippen molar-refractivity contribution in [3.63, 3.8) is 0 Å². The molecule has 0 aliphatic carbocycles. The smallest absolute Gasteiger partial charge is 0.396 e. The predicted molar refractivity (Wildman–Crippen MR) is 61.1 cm³/mol. The van der Waals surface area contributed by atoms with Crippen molar-refractivity contribution in [3.8, 4) is 0 Å². The molecular weight excluding hydrogens is 245 g/mol. The first-order valence-corrected chi connectivity index (χ1v) is 5.72. The average molecular weight is 260 g/mol. The molecule has 0 unspecified atom stereocenters. The van der Waals surface area contributed by atoms with E-state index in [1.807, 2.05) is 0 Å². The monoisotopic (exact) mass is 260 g/mol. The van der Waals surface area contributed by atoms with Gasteiger partial charge in [0.2, 0.25) is 0 Å². The van der Waals surface area contributed by atoms with Gasteiger partial charge in [0, 0.05) is 0 Å². The molecule has 0 N–H and O–H groups in total. The summed E-state index contributed by atoms with van der Waals surface area (Å²) < 4.78 is 43.3. The maximum Gasteiger partial charge on any atom is 0.396 e. The molecule has 18 heavy (non-hydrogen) atoms. The van der Waals surface area contributed by atoms with Crippen LogP contribution in [-0.2, 0) is 9.53 Å². The van der Waals surface area contributed by atoms with Gasteiger partial charge in [0.1, 0.15) is 0 Å². The molecule has 0 saturated heterocycles. The summed E-state index contributed by atoms with van der Waals surface area (Å²) >= 11 is 0. The molecule has 5 heteroatoms. The van der Waals surface area contributed by atoms with Crippen LogP contribution in [0.15, 0.2) is 30.3 Å². The van der Waals surface area contributed by atoms with Gasteiger partial charge in [-0.3, -0.25) is 4.79 Å². The lowest BCUT2D eigenvalue weighted by Gasteiger charge is -2.19. The summed E-state index contributed by atoms with van der Waals surface area (Å²) in [5, 5.41) is 0. The third-order valence-electron chi connectivity index (χ3n) is 2.44. The van der Waals surface area contributed by atoms with E-state index < -0.39 is 24.5 Å². The second-order valence-corrected chi connectivity index (χ2v) is 3.93. The molecule has 0 amide bonds. The average Bonchev–Trinajstić information content (AvgIpc) is 2.33. The van der Waals surface area contributed by atoms with Crippen molar-refractivity contribution in [1.29, 1.82) is 0 Å². The molecule has 0 aromatic heterocycles. The number of rotatable bonds is 5. The topological polar surface area (TPSA) is 26.3 Å². The highest BCUT2D eigenvalue weighted by atomic mass is 19.4. The zero-order chi connectivity index (χ0) is 13.6. The first-order chi connectivity index (χ1) is 8.45. The summed E-state index contributed by atoms with van der Waals surface area (Å²) in [5.74, 6) is -2.62. The summed E-state index contributed by atoms with van der Waals surface area (Å²) in [6.45, 7) is 1.93. The Labute approximate surface area is 104 Å². The highest BCUT2D eigenvalue weighted by molar-refractivity contribution is 5.70. The van der Waals surface area contributed by atoms with Gasteiger partial charge in [-0.25, -0.2) is 0 Å². The second kappa shape index (κ2) is 6.42. The van der Waals surface area contributed by atoms with Gasteiger partial charge in [0.15, 0.2) is 0 Å². The number of ether oxygens (including phenoxy) is 1. The minimum atomic E-state index is -4.45. The number of halogens is 3. The standard InChI is InChI=1S/C13H15F3O2/c1-2-8-18-12(17)9-11(13(14,15)16)10-6-4-3-5-7-10/h3-7,11H,2,8-9H2,1H3/t11-/m0/s1. The van der Waals surface area contributed by atoms with E-state index >= 15 is 0 Å². The predicted octanol–water partition coefficient (Wildman–Crippen LogP) is 3.68. The molecule has 0 heterocycles. The van der Waals surface area contributed by atoms with E-state index in [-0.39, 0.29) is 12.2 Å². The van der Waals surface area contributed by atoms with Gasteiger partial charge < -0.3 is 4.74 Å². The van der Waals surface area contributed by atoms with Gasteiger partial charge in [-0.1, -0.05) is 37.3 Å². The first kappa shape index (κ1) is 14.5. The van der Waals surface area contributed by atoms with E-state index in [0.29, 0.717) is 6.42 Å². The SMILES string of the molecule is CCCOC(=O)C[C@@H](c1ccccc1)C(F)(F)F. The lowest BCUT2D eigenvalue weighted by Crippen LogP contribution is -2.24. The Kier molecular flexibility index (Phi) is 5.19. The summed E-state index contributed by atoms with van der Waals surface area (Å²) in [6, 6.07) is 7.40. The van der Waals surface area contributed by atoms with Crippen molar-refractivity contribution < 1.29 is 22.7 Å². The van der Waals surface area contributed by atoms with Gasteiger partial charge in [-0.05, 0) is 12.0 Å². The molecule has 0 saturated carbocycles. The van der Waals surface area contributed by atoms with Crippen LogP contribution in [0.5, 0.6) is 0 Å². The van der Waals surface area contributed by atoms with Crippen molar-refractivity contribution in [3.05, 3.63) is 35.9 Å². The zero-order valence-electron chi connectivity index (χ0n) is 10.0. The molecule has 0 radical (unpaired) electrons. The molecule has 1 aromatic carbocycles. The number of carbonyl (C=O) groups is 1. The van der Waals surface area contributed by atoms with Crippen molar-refractivity contribution in [2.24, 2.45) is 0 Å². The third kappa shape index (κ3) is 4.39. The Morgan fingerprint density at radius 3 is 2.39 bits per heavy atom. The molecule has 0 bridgehead atoms. The lowest BCUT2D eigenvalue weighted by atomic mass is 9.95. The largest absolute Gasteiger partial charge is 0.466 e. The highest BCUT2D eigenvalue weighted by Crippen LogP contribution is 2.37. The second-order valence-electron chi connectivity index (χ2n) is 3.93. The van der Waals surface area contributed by atoms with Crippen LogP contribution >= 0.6 is 0 Å². The summed E-state index contributed by atoms with van der Waals surface area (Å²) in [5.41, 5.74) is 0.0819. The zero-order valence-corrected chi connectivity index (χ0v) is 10.0. The van der Waals surface area contributed by atoms with Crippen LogP contribution in [0, 0.1) is 0 Å². The van der Waals surface area contributed by atoms with E-state index in [0.717, 1.165) is 0 Å². The molecule has 0 aliphatic rings. The van der Waals surface area contributed by atoms with Gasteiger partial charge in [0.05, 0.1) is 18.9 Å². The van der Waals surface area contributed by atoms with Gasteiger partial charge in [-0.15, -0.1) is 0 Å². The lowest BCUT2D eigenvalue weighted by molar-refractivity contribution is -0.166. The molecule has 0 spiro atoms. The first-order valence-electron chi connectivity index (χ1n) is 5.72. The maximum atomic E-state index is 12.9. The van der Waals surface area contributed by atoms with Crippen LogP contribution in [0.2, 0.25) is 0 Å². The third-order valence-corrected chi connectivity index (χ3v) is 2.44. The van der Waals surface area contributed by atoms with Crippen molar-refractivity contribution in [2.45, 2.75) is 31.9 Å². The number of hydrogen-bond donors (Lipinski definition) is 0. The molecule has 0 aliphatic heterocycles. The van der Waals surface area contributed by atoms with Gasteiger partial charge in [0.25, 0.3) is 0 Å². The van der Waals surface area contributed by atoms with E-state index in [1.165, 1.54) is 24.3 Å². The summed E-state index contributed by atoms with van der Waals surface area (Å²) in [7, 11) is 0. The number of esters is 1.